The highest BCUT2D eigenvalue weighted by molar-refractivity contribution is 7.27. The van der Waals surface area contributed by atoms with Crippen LogP contribution < -0.4 is 9.64 Å². The Kier molecular flexibility index (Phi) is 5.36. The summed E-state index contributed by atoms with van der Waals surface area (Å²) >= 11 is 1.48. The predicted molar refractivity (Wildman–Crippen MR) is 245 cm³/mol. The second-order valence-electron chi connectivity index (χ2n) is 16.1. The lowest BCUT2D eigenvalue weighted by Crippen LogP contribution is -2.32. The molecule has 1 spiro atoms. The van der Waals surface area contributed by atoms with Crippen molar-refractivity contribution in [1.29, 1.82) is 0 Å². The summed E-state index contributed by atoms with van der Waals surface area (Å²) in [5, 5.41) is 4.67. The molecule has 1 aliphatic carbocycles. The van der Waals surface area contributed by atoms with Crippen LogP contribution in [0.5, 0.6) is 11.5 Å². The summed E-state index contributed by atoms with van der Waals surface area (Å²) in [7, 11) is 0. The fraction of sp³-hybridized carbons (Fsp3) is 0.0909. The number of fused-ring (bicyclic) bond motifs is 16. The Labute approximate surface area is 354 Å². The number of rotatable bonds is 3. The maximum Gasteiger partial charge on any atom is 0.132 e. The zero-order valence-corrected chi connectivity index (χ0v) is 32.7. The molecule has 0 saturated heterocycles. The SMILES string of the molecule is [2H]c1c([2H])c([2H])c2c(c1[2H])Oc1c([2H])c([2H])c(N(c3ccc(C(C)(C)C)cc3)c3c([2H])c4ccccc4c4sc5c([2H])cc6ccccc6c5c34)c([2H])c1C21c2ccccc2-c2ccccc21. The third-order valence-electron chi connectivity index (χ3n) is 11.9. The summed E-state index contributed by atoms with van der Waals surface area (Å²) in [5.41, 5.74) is 3.28. The van der Waals surface area contributed by atoms with Crippen molar-refractivity contribution in [2.24, 2.45) is 0 Å². The second kappa shape index (κ2) is 12.2. The number of benzene rings is 9. The summed E-state index contributed by atoms with van der Waals surface area (Å²) in [5.74, 6) is -0.307. The lowest BCUT2D eigenvalue weighted by atomic mass is 9.66. The highest BCUT2D eigenvalue weighted by Crippen LogP contribution is 2.63. The van der Waals surface area contributed by atoms with Crippen LogP contribution >= 0.6 is 11.3 Å². The van der Waals surface area contributed by atoms with Gasteiger partial charge in [0.15, 0.2) is 0 Å². The molecule has 276 valence electrons. The normalized spacial score (nSPS) is 15.9. The summed E-state index contributed by atoms with van der Waals surface area (Å²) in [4.78, 5) is 1.78. The monoisotopic (exact) mass is 770 g/mol. The Balaban J connectivity index is 1.30. The van der Waals surface area contributed by atoms with E-state index in [1.54, 1.807) is 4.90 Å². The van der Waals surface area contributed by atoms with Gasteiger partial charge in [0.05, 0.1) is 23.4 Å². The van der Waals surface area contributed by atoms with Gasteiger partial charge in [-0.15, -0.1) is 11.3 Å². The third kappa shape index (κ3) is 4.59. The van der Waals surface area contributed by atoms with Gasteiger partial charge >= 0.3 is 0 Å². The zero-order chi connectivity index (χ0) is 46.6. The van der Waals surface area contributed by atoms with Crippen molar-refractivity contribution in [2.45, 2.75) is 31.6 Å². The van der Waals surface area contributed by atoms with E-state index in [1.165, 1.54) is 11.3 Å². The van der Waals surface area contributed by atoms with Crippen LogP contribution in [0.2, 0.25) is 0 Å². The molecule has 3 heteroatoms. The van der Waals surface area contributed by atoms with Crippen molar-refractivity contribution < 1.29 is 17.1 Å². The van der Waals surface area contributed by atoms with Crippen molar-refractivity contribution in [1.82, 2.24) is 0 Å². The number of ether oxygens (including phenoxy) is 1. The van der Waals surface area contributed by atoms with Crippen LogP contribution in [0.25, 0.3) is 52.8 Å². The minimum absolute atomic E-state index is 0.00264. The zero-order valence-electron chi connectivity index (χ0n) is 40.9. The van der Waals surface area contributed by atoms with E-state index < -0.39 is 23.5 Å². The second-order valence-corrected chi connectivity index (χ2v) is 17.1. The van der Waals surface area contributed by atoms with Gasteiger partial charge in [-0.3, -0.25) is 0 Å². The number of nitrogens with zero attached hydrogens (tertiary/aromatic N) is 1. The average Bonchev–Trinajstić information content (AvgIpc) is 3.87. The first-order valence-corrected chi connectivity index (χ1v) is 20.3. The molecular formula is C55H39NOS. The van der Waals surface area contributed by atoms with Crippen LogP contribution in [0, 0.1) is 0 Å². The molecule has 0 amide bonds. The van der Waals surface area contributed by atoms with Gasteiger partial charge in [0.25, 0.3) is 0 Å². The Hall–Kier alpha value is -6.68. The maximum atomic E-state index is 10.8. The molecule has 0 radical (unpaired) electrons. The van der Waals surface area contributed by atoms with Crippen LogP contribution in [-0.4, -0.2) is 0 Å². The van der Waals surface area contributed by atoms with Crippen LogP contribution in [0.15, 0.2) is 182 Å². The molecule has 0 bridgehead atoms. The van der Waals surface area contributed by atoms with Gasteiger partial charge in [0.2, 0.25) is 0 Å². The first-order chi connectivity index (χ1) is 32.2. The van der Waals surface area contributed by atoms with Crippen LogP contribution in [0.4, 0.5) is 17.1 Å². The third-order valence-corrected chi connectivity index (χ3v) is 13.1. The molecule has 0 unspecified atom stereocenters. The van der Waals surface area contributed by atoms with Crippen molar-refractivity contribution in [3.63, 3.8) is 0 Å². The van der Waals surface area contributed by atoms with E-state index in [4.69, 9.17) is 7.48 Å². The minimum atomic E-state index is -1.61. The summed E-state index contributed by atoms with van der Waals surface area (Å²) in [6, 6.07) is 38.5. The van der Waals surface area contributed by atoms with Crippen LogP contribution in [0.3, 0.4) is 0 Å². The van der Waals surface area contributed by atoms with E-state index in [-0.39, 0.29) is 63.9 Å². The van der Waals surface area contributed by atoms with Crippen LogP contribution in [0.1, 0.15) is 60.9 Å². The lowest BCUT2D eigenvalue weighted by Gasteiger charge is -2.40. The van der Waals surface area contributed by atoms with Crippen molar-refractivity contribution in [2.75, 3.05) is 4.90 Å². The number of hydrogen-bond donors (Lipinski definition) is 0. The molecule has 10 aromatic rings. The lowest BCUT2D eigenvalue weighted by molar-refractivity contribution is 0.436. The summed E-state index contributed by atoms with van der Waals surface area (Å²) in [6.07, 6.45) is 0. The highest BCUT2D eigenvalue weighted by Gasteiger charge is 2.51. The number of hydrogen-bond acceptors (Lipinski definition) is 3. The van der Waals surface area contributed by atoms with Gasteiger partial charge in [-0.05, 0) is 103 Å². The van der Waals surface area contributed by atoms with Gasteiger partial charge in [-0.25, -0.2) is 0 Å². The fourth-order valence-corrected chi connectivity index (χ4v) is 10.5. The highest BCUT2D eigenvalue weighted by atomic mass is 32.1. The van der Waals surface area contributed by atoms with Gasteiger partial charge in [-0.2, -0.15) is 0 Å². The van der Waals surface area contributed by atoms with Gasteiger partial charge < -0.3 is 9.64 Å². The first kappa shape index (κ1) is 25.5. The van der Waals surface area contributed by atoms with E-state index in [2.05, 4.69) is 20.8 Å². The first-order valence-electron chi connectivity index (χ1n) is 23.9. The number of thiophene rings is 1. The molecule has 2 heterocycles. The predicted octanol–water partition coefficient (Wildman–Crippen LogP) is 15.6. The average molecular weight is 771 g/mol. The molecule has 2 nitrogen and oxygen atoms in total. The topological polar surface area (TPSA) is 12.5 Å². The van der Waals surface area contributed by atoms with Gasteiger partial charge in [0, 0.05) is 42.7 Å². The molecule has 0 N–H and O–H groups in total. The molecule has 0 atom stereocenters. The van der Waals surface area contributed by atoms with Crippen molar-refractivity contribution in [3.8, 4) is 22.6 Å². The maximum absolute atomic E-state index is 10.8. The Morgan fingerprint density at radius 1 is 0.552 bits per heavy atom. The molecule has 0 fully saturated rings. The molecule has 2 aliphatic rings. The standard InChI is InChI=1S/C55H39NOS/c1-54(2,3)36-25-27-37(28-26-36)56(47-32-35-15-5-7-17-40(35)53-52(47)51-39-16-6-4-14-34(39)24-31-50(51)58-53)38-29-30-49-46(33-38)55(45-22-12-13-23-48(45)57-49)43-20-10-8-18-41(43)42-19-9-11-21-44(42)55/h4-33H,1-3H3/i12D,13D,22D,23D,29D,30D,31D,32D,33D. The van der Waals surface area contributed by atoms with Gasteiger partial charge in [-0.1, -0.05) is 154 Å². The molecular weight excluding hydrogens is 723 g/mol. The largest absolute Gasteiger partial charge is 0.457 e. The summed E-state index contributed by atoms with van der Waals surface area (Å²) in [6.45, 7) is 6.37. The van der Waals surface area contributed by atoms with Crippen molar-refractivity contribution >= 4 is 70.1 Å². The van der Waals surface area contributed by atoms with E-state index in [9.17, 15) is 9.60 Å². The minimum Gasteiger partial charge on any atom is -0.457 e. The van der Waals surface area contributed by atoms with E-state index in [1.807, 2.05) is 127 Å². The quantitative estimate of drug-likeness (QED) is 0.177. The molecule has 1 aliphatic heterocycles. The van der Waals surface area contributed by atoms with Crippen LogP contribution in [-0.2, 0) is 10.8 Å². The smallest absolute Gasteiger partial charge is 0.132 e. The Bertz CT molecular complexity index is 3790. The van der Waals surface area contributed by atoms with Crippen molar-refractivity contribution in [3.05, 3.63) is 210 Å². The Morgan fingerprint density at radius 2 is 1.21 bits per heavy atom. The van der Waals surface area contributed by atoms with Gasteiger partial charge in [0.1, 0.15) is 11.5 Å². The number of anilines is 3. The van der Waals surface area contributed by atoms with E-state index in [0.717, 1.165) is 47.6 Å². The molecule has 0 saturated carbocycles. The molecule has 58 heavy (non-hydrogen) atoms. The molecule has 12 rings (SSSR count). The summed E-state index contributed by atoms with van der Waals surface area (Å²) < 4.78 is 95.4. The molecule has 1 aromatic heterocycles. The Morgan fingerprint density at radius 3 is 1.97 bits per heavy atom. The molecule has 9 aromatic carbocycles. The van der Waals surface area contributed by atoms with E-state index in [0.29, 0.717) is 39.3 Å². The fourth-order valence-electron chi connectivity index (χ4n) is 9.31. The number of para-hydroxylation sites is 1. The van der Waals surface area contributed by atoms with E-state index >= 15 is 0 Å².